The van der Waals surface area contributed by atoms with Crippen LogP contribution in [0.2, 0.25) is 6.32 Å². The van der Waals surface area contributed by atoms with Crippen molar-refractivity contribution in [2.75, 3.05) is 19.6 Å². The fraction of sp³-hybridized carbons (Fsp3) is 0.846. The van der Waals surface area contributed by atoms with E-state index in [1.165, 1.54) is 4.90 Å². The van der Waals surface area contributed by atoms with Gasteiger partial charge in [0.05, 0.1) is 6.04 Å². The predicted molar refractivity (Wildman–Crippen MR) is 79.9 cm³/mol. The number of hydrogen-bond acceptors (Lipinski definition) is 6. The maximum absolute atomic E-state index is 12.5. The van der Waals surface area contributed by atoms with Gasteiger partial charge in [-0.05, 0) is 38.0 Å². The van der Waals surface area contributed by atoms with Gasteiger partial charge in [0.2, 0.25) is 5.91 Å². The molecule has 8 nitrogen and oxygen atoms in total. The Morgan fingerprint density at radius 1 is 1.41 bits per heavy atom. The number of piperidine rings is 1. The first kappa shape index (κ1) is 17.2. The Labute approximate surface area is 129 Å². The van der Waals surface area contributed by atoms with E-state index in [-0.39, 0.29) is 37.2 Å². The molecule has 2 rings (SSSR count). The second kappa shape index (κ2) is 6.95. The second-order valence-corrected chi connectivity index (χ2v) is 6.46. The summed E-state index contributed by atoms with van der Waals surface area (Å²) < 4.78 is 0. The minimum absolute atomic E-state index is 0.00246. The molecular formula is C13H24BN3O5. The van der Waals surface area contributed by atoms with Crippen LogP contribution < -0.4 is 11.1 Å². The van der Waals surface area contributed by atoms with Crippen molar-refractivity contribution < 1.29 is 24.7 Å². The smallest absolute Gasteiger partial charge is 0.451 e. The molecule has 3 atom stereocenters. The first-order valence-electron chi connectivity index (χ1n) is 7.72. The summed E-state index contributed by atoms with van der Waals surface area (Å²) >= 11 is 0. The Bertz CT molecular complexity index is 430. The topological polar surface area (TPSA) is 136 Å². The number of nitrogens with one attached hydrogen (secondary N) is 1. The number of nitrogens with two attached hydrogens (primary N) is 1. The van der Waals surface area contributed by atoms with Crippen LogP contribution in [-0.2, 0) is 9.59 Å². The molecule has 2 heterocycles. The van der Waals surface area contributed by atoms with Gasteiger partial charge in [-0.15, -0.1) is 0 Å². The Kier molecular flexibility index (Phi) is 5.43. The van der Waals surface area contributed by atoms with Crippen LogP contribution in [-0.4, -0.2) is 70.3 Å². The molecule has 0 radical (unpaired) electrons. The SMILES string of the molecule is N[C@]1(C(=O)O)C[C@H](CCB(O)O)CN(C(=O)[C@@H]2CCCN2)C1. The maximum atomic E-state index is 12.5. The molecule has 0 bridgehead atoms. The maximum Gasteiger partial charge on any atom is 0.451 e. The van der Waals surface area contributed by atoms with E-state index < -0.39 is 18.6 Å². The number of carbonyl (C=O) groups excluding carboxylic acids is 1. The second-order valence-electron chi connectivity index (χ2n) is 6.46. The van der Waals surface area contributed by atoms with Crippen LogP contribution in [0.5, 0.6) is 0 Å². The van der Waals surface area contributed by atoms with Crippen molar-refractivity contribution in [2.45, 2.75) is 43.6 Å². The van der Waals surface area contributed by atoms with Crippen molar-refractivity contribution in [1.29, 1.82) is 0 Å². The van der Waals surface area contributed by atoms with Crippen molar-refractivity contribution in [3.05, 3.63) is 0 Å². The first-order chi connectivity index (χ1) is 10.3. The summed E-state index contributed by atoms with van der Waals surface area (Å²) in [7, 11) is -1.43. The molecule has 9 heteroatoms. The van der Waals surface area contributed by atoms with Gasteiger partial charge in [0, 0.05) is 13.1 Å². The van der Waals surface area contributed by atoms with Crippen molar-refractivity contribution in [2.24, 2.45) is 11.7 Å². The molecule has 0 aliphatic carbocycles. The van der Waals surface area contributed by atoms with Crippen molar-refractivity contribution in [1.82, 2.24) is 10.2 Å². The third-order valence-corrected chi connectivity index (χ3v) is 4.53. The monoisotopic (exact) mass is 313 g/mol. The molecule has 2 aliphatic heterocycles. The largest absolute Gasteiger partial charge is 0.480 e. The lowest BCUT2D eigenvalue weighted by Gasteiger charge is -2.42. The van der Waals surface area contributed by atoms with Gasteiger partial charge in [0.15, 0.2) is 0 Å². The Morgan fingerprint density at radius 3 is 2.68 bits per heavy atom. The molecule has 0 aromatic carbocycles. The van der Waals surface area contributed by atoms with E-state index >= 15 is 0 Å². The molecule has 124 valence electrons. The third-order valence-electron chi connectivity index (χ3n) is 4.53. The standard InChI is InChI=1S/C13H24BN3O5/c15-13(12(19)20)6-9(3-4-14(21)22)7-17(8-13)11(18)10-2-1-5-16-10/h9-10,16,21-22H,1-8,15H2,(H,19,20)/t9-,10-,13+/m0/s1. The zero-order valence-electron chi connectivity index (χ0n) is 12.6. The summed E-state index contributed by atoms with van der Waals surface area (Å²) in [5.41, 5.74) is 4.51. The van der Waals surface area contributed by atoms with E-state index in [4.69, 9.17) is 15.8 Å². The van der Waals surface area contributed by atoms with E-state index in [0.717, 1.165) is 19.4 Å². The van der Waals surface area contributed by atoms with Crippen molar-refractivity contribution >= 4 is 19.0 Å². The van der Waals surface area contributed by atoms with Gasteiger partial charge < -0.3 is 31.1 Å². The fourth-order valence-corrected chi connectivity index (χ4v) is 3.38. The molecule has 6 N–H and O–H groups in total. The molecule has 0 unspecified atom stereocenters. The Balaban J connectivity index is 2.07. The van der Waals surface area contributed by atoms with E-state index in [2.05, 4.69) is 5.32 Å². The minimum Gasteiger partial charge on any atom is -0.480 e. The normalized spacial score (nSPS) is 32.0. The highest BCUT2D eigenvalue weighted by Crippen LogP contribution is 2.28. The number of carboxylic acids is 1. The molecule has 0 spiro atoms. The van der Waals surface area contributed by atoms with Gasteiger partial charge >= 0.3 is 13.1 Å². The number of rotatable bonds is 5. The summed E-state index contributed by atoms with van der Waals surface area (Å²) in [6, 6.07) is -0.264. The summed E-state index contributed by atoms with van der Waals surface area (Å²) in [4.78, 5) is 25.5. The fourth-order valence-electron chi connectivity index (χ4n) is 3.38. The van der Waals surface area contributed by atoms with Gasteiger partial charge in [-0.3, -0.25) is 9.59 Å². The van der Waals surface area contributed by atoms with Gasteiger partial charge in [-0.1, -0.05) is 6.42 Å². The minimum atomic E-state index is -1.47. The average Bonchev–Trinajstić information content (AvgIpc) is 2.97. The Hall–Kier alpha value is -1.16. The summed E-state index contributed by atoms with van der Waals surface area (Å²) in [5, 5.41) is 30.5. The summed E-state index contributed by atoms with van der Waals surface area (Å²) in [5.74, 6) is -1.39. The number of carbonyl (C=O) groups is 2. The highest BCUT2D eigenvalue weighted by molar-refractivity contribution is 6.40. The van der Waals surface area contributed by atoms with E-state index in [1.807, 2.05) is 0 Å². The van der Waals surface area contributed by atoms with Gasteiger partial charge in [0.1, 0.15) is 5.54 Å². The van der Waals surface area contributed by atoms with Crippen molar-refractivity contribution in [3.63, 3.8) is 0 Å². The van der Waals surface area contributed by atoms with Crippen LogP contribution in [0.1, 0.15) is 25.7 Å². The molecule has 2 aliphatic rings. The molecule has 2 fully saturated rings. The first-order valence-corrected chi connectivity index (χ1v) is 7.72. The van der Waals surface area contributed by atoms with Gasteiger partial charge in [0.25, 0.3) is 0 Å². The lowest BCUT2D eigenvalue weighted by molar-refractivity contribution is -0.149. The number of aliphatic carboxylic acids is 1. The van der Waals surface area contributed by atoms with Gasteiger partial charge in [-0.25, -0.2) is 0 Å². The highest BCUT2D eigenvalue weighted by atomic mass is 16.4. The molecular weight excluding hydrogens is 289 g/mol. The van der Waals surface area contributed by atoms with Crippen LogP contribution in [0.15, 0.2) is 0 Å². The molecule has 2 saturated heterocycles. The number of carboxylic acid groups (broad SMARTS) is 1. The van der Waals surface area contributed by atoms with E-state index in [1.54, 1.807) is 0 Å². The van der Waals surface area contributed by atoms with E-state index in [9.17, 15) is 14.7 Å². The van der Waals surface area contributed by atoms with Crippen LogP contribution in [0, 0.1) is 5.92 Å². The van der Waals surface area contributed by atoms with Crippen LogP contribution in [0.25, 0.3) is 0 Å². The zero-order valence-corrected chi connectivity index (χ0v) is 12.6. The molecule has 1 amide bonds. The van der Waals surface area contributed by atoms with Crippen LogP contribution in [0.3, 0.4) is 0 Å². The number of amides is 1. The quantitative estimate of drug-likeness (QED) is 0.379. The zero-order chi connectivity index (χ0) is 16.3. The van der Waals surface area contributed by atoms with Crippen LogP contribution in [0.4, 0.5) is 0 Å². The highest BCUT2D eigenvalue weighted by Gasteiger charge is 2.45. The molecule has 0 saturated carbocycles. The van der Waals surface area contributed by atoms with Crippen molar-refractivity contribution in [3.8, 4) is 0 Å². The third kappa shape index (κ3) is 3.98. The average molecular weight is 313 g/mol. The van der Waals surface area contributed by atoms with Gasteiger partial charge in [-0.2, -0.15) is 0 Å². The number of likely N-dealkylation sites (tertiary alicyclic amines) is 1. The molecule has 22 heavy (non-hydrogen) atoms. The Morgan fingerprint density at radius 2 is 2.14 bits per heavy atom. The summed E-state index contributed by atoms with van der Waals surface area (Å²) in [6.07, 6.45) is 2.48. The van der Waals surface area contributed by atoms with Crippen LogP contribution >= 0.6 is 0 Å². The predicted octanol–water partition coefficient (Wildman–Crippen LogP) is -1.77. The van der Waals surface area contributed by atoms with E-state index in [0.29, 0.717) is 13.0 Å². The lowest BCUT2D eigenvalue weighted by Crippen LogP contribution is -2.64. The molecule has 0 aromatic rings. The summed E-state index contributed by atoms with van der Waals surface area (Å²) in [6.45, 7) is 1.20. The number of hydrogen-bond donors (Lipinski definition) is 5. The lowest BCUT2D eigenvalue weighted by atomic mass is 9.75. The number of nitrogens with zero attached hydrogens (tertiary/aromatic N) is 1. The molecule has 0 aromatic heterocycles.